The van der Waals surface area contributed by atoms with Gasteiger partial charge in [0.05, 0.1) is 31.2 Å². The van der Waals surface area contributed by atoms with E-state index in [0.717, 1.165) is 0 Å². The molecule has 21 heavy (non-hydrogen) atoms. The summed E-state index contributed by atoms with van der Waals surface area (Å²) in [7, 11) is 3.04. The van der Waals surface area contributed by atoms with E-state index in [-0.39, 0.29) is 5.91 Å². The third-order valence-electron chi connectivity index (χ3n) is 3.06. The molecule has 0 radical (unpaired) electrons. The number of anilines is 2. The van der Waals surface area contributed by atoms with Crippen LogP contribution in [0.5, 0.6) is 11.5 Å². The summed E-state index contributed by atoms with van der Waals surface area (Å²) in [5.74, 6) is 0.718. The maximum atomic E-state index is 12.3. The Morgan fingerprint density at radius 3 is 2.52 bits per heavy atom. The number of nitrogen functional groups attached to an aromatic ring is 1. The van der Waals surface area contributed by atoms with Gasteiger partial charge in [0.1, 0.15) is 0 Å². The predicted molar refractivity (Wildman–Crippen MR) is 80.9 cm³/mol. The number of carbonyl (C=O) groups is 1. The zero-order valence-electron chi connectivity index (χ0n) is 12.1. The first-order chi connectivity index (χ1) is 10.1. The highest BCUT2D eigenvalue weighted by molar-refractivity contribution is 6.06. The van der Waals surface area contributed by atoms with Crippen molar-refractivity contribution in [2.45, 2.75) is 6.92 Å². The lowest BCUT2D eigenvalue weighted by atomic mass is 10.1. The number of hydrogen-bond acceptors (Lipinski definition) is 5. The number of hydrogen-bond donors (Lipinski definition) is 2. The number of carbonyl (C=O) groups excluding carboxylic acids is 1. The van der Waals surface area contributed by atoms with Crippen molar-refractivity contribution in [1.29, 1.82) is 0 Å². The highest BCUT2D eigenvalue weighted by Gasteiger charge is 2.14. The molecule has 6 heteroatoms. The van der Waals surface area contributed by atoms with Crippen LogP contribution >= 0.6 is 0 Å². The molecular weight excluding hydrogens is 270 g/mol. The largest absolute Gasteiger partial charge is 0.493 e. The van der Waals surface area contributed by atoms with Crippen molar-refractivity contribution in [1.82, 2.24) is 4.98 Å². The van der Waals surface area contributed by atoms with Gasteiger partial charge in [-0.3, -0.25) is 9.78 Å². The Balaban J connectivity index is 2.31. The monoisotopic (exact) mass is 287 g/mol. The van der Waals surface area contributed by atoms with Crippen LogP contribution in [0.25, 0.3) is 0 Å². The molecule has 0 unspecified atom stereocenters. The van der Waals surface area contributed by atoms with Gasteiger partial charge in [-0.1, -0.05) is 0 Å². The number of benzene rings is 1. The Morgan fingerprint density at radius 2 is 1.90 bits per heavy atom. The molecule has 1 aromatic carbocycles. The van der Waals surface area contributed by atoms with Crippen LogP contribution in [0.1, 0.15) is 16.1 Å². The fourth-order valence-electron chi connectivity index (χ4n) is 1.92. The first-order valence-corrected chi connectivity index (χ1v) is 6.31. The zero-order valence-corrected chi connectivity index (χ0v) is 12.1. The van der Waals surface area contributed by atoms with Crippen LogP contribution < -0.4 is 20.5 Å². The van der Waals surface area contributed by atoms with Gasteiger partial charge in [-0.25, -0.2) is 0 Å². The molecule has 3 N–H and O–H groups in total. The molecule has 0 bridgehead atoms. The summed E-state index contributed by atoms with van der Waals surface area (Å²) in [6.45, 7) is 1.77. The lowest BCUT2D eigenvalue weighted by molar-refractivity contribution is 0.102. The molecular formula is C15H17N3O3. The van der Waals surface area contributed by atoms with Crippen molar-refractivity contribution < 1.29 is 14.3 Å². The molecule has 0 fully saturated rings. The smallest absolute Gasteiger partial charge is 0.257 e. The van der Waals surface area contributed by atoms with E-state index in [1.165, 1.54) is 14.2 Å². The number of nitrogens with two attached hydrogens (primary N) is 1. The minimum Gasteiger partial charge on any atom is -0.493 e. The van der Waals surface area contributed by atoms with Crippen LogP contribution in [0.4, 0.5) is 11.4 Å². The molecule has 0 aliphatic rings. The summed E-state index contributed by atoms with van der Waals surface area (Å²) in [4.78, 5) is 16.4. The molecule has 0 aliphatic heterocycles. The molecule has 0 atom stereocenters. The van der Waals surface area contributed by atoms with Crippen LogP contribution in [-0.2, 0) is 0 Å². The number of amides is 1. The maximum Gasteiger partial charge on any atom is 0.257 e. The third-order valence-corrected chi connectivity index (χ3v) is 3.06. The van der Waals surface area contributed by atoms with E-state index in [4.69, 9.17) is 15.2 Å². The summed E-state index contributed by atoms with van der Waals surface area (Å²) >= 11 is 0. The van der Waals surface area contributed by atoms with E-state index in [2.05, 4.69) is 10.3 Å². The number of methoxy groups -OCH3 is 2. The van der Waals surface area contributed by atoms with Gasteiger partial charge in [0, 0.05) is 24.0 Å². The second-order valence-electron chi connectivity index (χ2n) is 4.38. The molecule has 1 aromatic heterocycles. The van der Waals surface area contributed by atoms with Crippen molar-refractivity contribution in [3.63, 3.8) is 0 Å². The van der Waals surface area contributed by atoms with E-state index in [1.807, 2.05) is 0 Å². The Bertz CT molecular complexity index is 671. The van der Waals surface area contributed by atoms with Crippen molar-refractivity contribution in [2.24, 2.45) is 0 Å². The molecule has 1 amide bonds. The van der Waals surface area contributed by atoms with Gasteiger partial charge in [-0.2, -0.15) is 0 Å². The van der Waals surface area contributed by atoms with Crippen molar-refractivity contribution in [3.05, 3.63) is 41.7 Å². The van der Waals surface area contributed by atoms with Crippen LogP contribution in [0.2, 0.25) is 0 Å². The molecule has 110 valence electrons. The Morgan fingerprint density at radius 1 is 1.24 bits per heavy atom. The average Bonchev–Trinajstić information content (AvgIpc) is 2.49. The summed E-state index contributed by atoms with van der Waals surface area (Å²) in [6.07, 6.45) is 1.64. The summed E-state index contributed by atoms with van der Waals surface area (Å²) in [5.41, 5.74) is 7.91. The van der Waals surface area contributed by atoms with Gasteiger partial charge in [-0.15, -0.1) is 0 Å². The minimum absolute atomic E-state index is 0.278. The number of aryl methyl sites for hydroxylation is 1. The zero-order chi connectivity index (χ0) is 15.4. The van der Waals surface area contributed by atoms with E-state index in [1.54, 1.807) is 37.4 Å². The van der Waals surface area contributed by atoms with Crippen LogP contribution in [0, 0.1) is 6.92 Å². The molecule has 6 nitrogen and oxygen atoms in total. The maximum absolute atomic E-state index is 12.3. The van der Waals surface area contributed by atoms with Crippen LogP contribution in [0.15, 0.2) is 30.5 Å². The highest BCUT2D eigenvalue weighted by Crippen LogP contribution is 2.35. The van der Waals surface area contributed by atoms with Crippen LogP contribution in [-0.4, -0.2) is 25.1 Å². The molecule has 1 heterocycles. The average molecular weight is 287 g/mol. The molecule has 0 aliphatic carbocycles. The van der Waals surface area contributed by atoms with E-state index in [0.29, 0.717) is 34.1 Å². The summed E-state index contributed by atoms with van der Waals surface area (Å²) in [5, 5.41) is 2.75. The standard InChI is InChI=1S/C15H17N3O3/c1-9-10(5-4-6-17-9)15(19)18-12-8-14(21-3)13(20-2)7-11(12)16/h4-8H,16H2,1-3H3,(H,18,19). The molecule has 2 rings (SSSR count). The second-order valence-corrected chi connectivity index (χ2v) is 4.38. The number of nitrogens with one attached hydrogen (secondary N) is 1. The summed E-state index contributed by atoms with van der Waals surface area (Å²) in [6, 6.07) is 6.64. The molecule has 0 saturated carbocycles. The van der Waals surface area contributed by atoms with Crippen molar-refractivity contribution in [2.75, 3.05) is 25.3 Å². The minimum atomic E-state index is -0.278. The van der Waals surface area contributed by atoms with E-state index >= 15 is 0 Å². The van der Waals surface area contributed by atoms with Gasteiger partial charge >= 0.3 is 0 Å². The fourth-order valence-corrected chi connectivity index (χ4v) is 1.92. The van der Waals surface area contributed by atoms with E-state index < -0.39 is 0 Å². The van der Waals surface area contributed by atoms with Crippen molar-refractivity contribution >= 4 is 17.3 Å². The quantitative estimate of drug-likeness (QED) is 0.842. The first kappa shape index (κ1) is 14.6. The summed E-state index contributed by atoms with van der Waals surface area (Å²) < 4.78 is 10.4. The molecule has 0 spiro atoms. The Labute approximate surface area is 122 Å². The van der Waals surface area contributed by atoms with Crippen LogP contribution in [0.3, 0.4) is 0 Å². The van der Waals surface area contributed by atoms with Crippen molar-refractivity contribution in [3.8, 4) is 11.5 Å². The molecule has 2 aromatic rings. The highest BCUT2D eigenvalue weighted by atomic mass is 16.5. The number of rotatable bonds is 4. The lowest BCUT2D eigenvalue weighted by Gasteiger charge is -2.13. The number of pyridine rings is 1. The molecule has 0 saturated heterocycles. The van der Waals surface area contributed by atoms with E-state index in [9.17, 15) is 4.79 Å². The SMILES string of the molecule is COc1cc(N)c(NC(=O)c2cccnc2C)cc1OC. The van der Waals surface area contributed by atoms with Gasteiger partial charge < -0.3 is 20.5 Å². The topological polar surface area (TPSA) is 86.5 Å². The number of aromatic nitrogens is 1. The first-order valence-electron chi connectivity index (χ1n) is 6.31. The van der Waals surface area contributed by atoms with Gasteiger partial charge in [0.2, 0.25) is 0 Å². The predicted octanol–water partition coefficient (Wildman–Crippen LogP) is 2.24. The fraction of sp³-hybridized carbons (Fsp3) is 0.200. The normalized spacial score (nSPS) is 10.0. The van der Waals surface area contributed by atoms with Gasteiger partial charge in [-0.05, 0) is 19.1 Å². The van der Waals surface area contributed by atoms with Gasteiger partial charge in [0.25, 0.3) is 5.91 Å². The van der Waals surface area contributed by atoms with Gasteiger partial charge in [0.15, 0.2) is 11.5 Å². The second kappa shape index (κ2) is 6.13. The third kappa shape index (κ3) is 3.05. The number of ether oxygens (including phenoxy) is 2. The number of nitrogens with zero attached hydrogens (tertiary/aromatic N) is 1. The lowest BCUT2D eigenvalue weighted by Crippen LogP contribution is -2.15. The Hall–Kier alpha value is -2.76. The Kier molecular flexibility index (Phi) is 4.27.